The molecule has 8 aromatic carbocycles. The van der Waals surface area contributed by atoms with Gasteiger partial charge in [0.25, 0.3) is 0 Å². The van der Waals surface area contributed by atoms with Crippen LogP contribution in [0.2, 0.25) is 0 Å². The summed E-state index contributed by atoms with van der Waals surface area (Å²) in [6.45, 7) is 0. The average Bonchev–Trinajstić information content (AvgIpc) is 4.04. The summed E-state index contributed by atoms with van der Waals surface area (Å²) in [7, 11) is 0. The monoisotopic (exact) mass is 824 g/mol. The predicted octanol–water partition coefficient (Wildman–Crippen LogP) is 14.4. The van der Waals surface area contributed by atoms with Crippen molar-refractivity contribution in [1.29, 1.82) is 0 Å². The normalized spacial score (nSPS) is 11.8. The smallest absolute Gasteiger partial charge is 0.180 e. The van der Waals surface area contributed by atoms with E-state index in [4.69, 9.17) is 29.3 Å². The van der Waals surface area contributed by atoms with Crippen molar-refractivity contribution in [3.05, 3.63) is 194 Å². The van der Waals surface area contributed by atoms with Gasteiger partial charge in [0.15, 0.2) is 28.9 Å². The van der Waals surface area contributed by atoms with Crippen molar-refractivity contribution in [3.8, 4) is 62.5 Å². The fourth-order valence-corrected chi connectivity index (χ4v) is 10.3. The molecule has 0 aliphatic rings. The summed E-state index contributed by atoms with van der Waals surface area (Å²) in [5.41, 5.74) is 11.1. The minimum Gasteiger partial charge on any atom is -0.452 e. The van der Waals surface area contributed by atoms with E-state index >= 15 is 0 Å². The first-order chi connectivity index (χ1) is 31.2. The fraction of sp³-hybridized carbons (Fsp3) is 0. The predicted molar refractivity (Wildman–Crippen MR) is 257 cm³/mol. The number of hydrogen-bond acceptors (Lipinski definition) is 7. The molecule has 294 valence electrons. The Hall–Kier alpha value is -8.33. The van der Waals surface area contributed by atoms with Crippen molar-refractivity contribution in [2.24, 2.45) is 0 Å². The summed E-state index contributed by atoms with van der Waals surface area (Å²) < 4.78 is 11.0. The Bertz CT molecular complexity index is 3860. The molecule has 0 bridgehead atoms. The Morgan fingerprint density at radius 2 is 0.952 bits per heavy atom. The van der Waals surface area contributed by atoms with E-state index in [1.807, 2.05) is 66.7 Å². The summed E-state index contributed by atoms with van der Waals surface area (Å²) in [6.07, 6.45) is 0. The van der Waals surface area contributed by atoms with Gasteiger partial charge in [-0.25, -0.2) is 24.9 Å². The highest BCUT2D eigenvalue weighted by molar-refractivity contribution is 7.26. The zero-order valence-corrected chi connectivity index (χ0v) is 34.3. The van der Waals surface area contributed by atoms with Gasteiger partial charge in [-0.3, -0.25) is 0 Å². The van der Waals surface area contributed by atoms with Crippen LogP contribution >= 0.6 is 11.3 Å². The van der Waals surface area contributed by atoms with Gasteiger partial charge in [-0.05, 0) is 60.7 Å². The third kappa shape index (κ3) is 5.69. The lowest BCUT2D eigenvalue weighted by Gasteiger charge is -2.11. The standard InChI is InChI=1S/C55H32N6OS/c1-3-15-33(16-4-1)48-50-49(39-21-9-12-27-45(39)62-50)57-54(56-48)41-23-14-28-46-47(41)40-22-13-24-42(51(40)63-46)55-59-52(34-17-5-2-6-18-34)58-53(60-55)35-29-31-36(32-30-35)61-43-25-10-7-19-37(43)38-20-8-11-26-44(38)61/h1-32H. The molecule has 0 radical (unpaired) electrons. The molecule has 0 unspecified atom stereocenters. The first kappa shape index (κ1) is 35.4. The van der Waals surface area contributed by atoms with Crippen molar-refractivity contribution in [2.45, 2.75) is 0 Å². The van der Waals surface area contributed by atoms with Crippen molar-refractivity contribution >= 4 is 75.4 Å². The molecule has 5 heterocycles. The second-order valence-corrected chi connectivity index (χ2v) is 16.6. The van der Waals surface area contributed by atoms with Crippen LogP contribution in [0.25, 0.3) is 127 Å². The number of hydrogen-bond donors (Lipinski definition) is 0. The minimum absolute atomic E-state index is 0.605. The summed E-state index contributed by atoms with van der Waals surface area (Å²) >= 11 is 1.73. The van der Waals surface area contributed by atoms with Crippen LogP contribution in [-0.2, 0) is 0 Å². The lowest BCUT2D eigenvalue weighted by molar-refractivity contribution is 0.667. The van der Waals surface area contributed by atoms with E-state index in [2.05, 4.69) is 132 Å². The van der Waals surface area contributed by atoms with Crippen LogP contribution in [0.3, 0.4) is 0 Å². The maximum atomic E-state index is 6.43. The maximum absolute atomic E-state index is 6.43. The molecule has 8 heteroatoms. The Morgan fingerprint density at radius 3 is 1.68 bits per heavy atom. The first-order valence-corrected chi connectivity index (χ1v) is 21.7. The second kappa shape index (κ2) is 14.1. The van der Waals surface area contributed by atoms with Gasteiger partial charge in [0, 0.05) is 69.8 Å². The molecule has 0 aliphatic heterocycles. The molecule has 0 aliphatic carbocycles. The molecule has 0 saturated heterocycles. The van der Waals surface area contributed by atoms with Crippen LogP contribution in [0.15, 0.2) is 199 Å². The molecule has 0 atom stereocenters. The molecular formula is C55H32N6OS. The highest BCUT2D eigenvalue weighted by Gasteiger charge is 2.22. The number of benzene rings is 8. The third-order valence-corrected chi connectivity index (χ3v) is 13.1. The molecule has 63 heavy (non-hydrogen) atoms. The molecule has 13 rings (SSSR count). The first-order valence-electron chi connectivity index (χ1n) is 20.8. The number of aromatic nitrogens is 6. The molecule has 0 amide bonds. The number of para-hydroxylation sites is 3. The lowest BCUT2D eigenvalue weighted by Crippen LogP contribution is -2.00. The van der Waals surface area contributed by atoms with E-state index in [1.165, 1.54) is 21.8 Å². The topological polar surface area (TPSA) is 82.5 Å². The van der Waals surface area contributed by atoms with E-state index in [9.17, 15) is 0 Å². The van der Waals surface area contributed by atoms with E-state index in [1.54, 1.807) is 11.3 Å². The van der Waals surface area contributed by atoms with Gasteiger partial charge in [-0.15, -0.1) is 11.3 Å². The SMILES string of the molecule is c1ccc(-c2nc(-c3ccc(-n4c5ccccc5c5ccccc54)cc3)nc(-c3cccc4c3sc3cccc(-c5nc(-c6ccccc6)c6oc7ccccc7c6n5)c34)n2)cc1. The fourth-order valence-electron chi connectivity index (χ4n) is 9.02. The highest BCUT2D eigenvalue weighted by atomic mass is 32.1. The number of thiophene rings is 1. The van der Waals surface area contributed by atoms with Crippen LogP contribution in [0.5, 0.6) is 0 Å². The average molecular weight is 825 g/mol. The van der Waals surface area contributed by atoms with Crippen molar-refractivity contribution in [3.63, 3.8) is 0 Å². The van der Waals surface area contributed by atoms with Crippen LogP contribution in [0.1, 0.15) is 0 Å². The summed E-state index contributed by atoms with van der Waals surface area (Å²) in [4.78, 5) is 26.0. The quantitative estimate of drug-likeness (QED) is 0.166. The third-order valence-electron chi connectivity index (χ3n) is 11.9. The zero-order chi connectivity index (χ0) is 41.4. The van der Waals surface area contributed by atoms with Crippen molar-refractivity contribution in [2.75, 3.05) is 0 Å². The lowest BCUT2D eigenvalue weighted by atomic mass is 10.0. The molecule has 0 N–H and O–H groups in total. The van der Waals surface area contributed by atoms with Crippen molar-refractivity contribution in [1.82, 2.24) is 29.5 Å². The molecular weight excluding hydrogens is 793 g/mol. The summed E-state index contributed by atoms with van der Waals surface area (Å²) in [5.74, 6) is 2.47. The molecule has 0 spiro atoms. The van der Waals surface area contributed by atoms with E-state index in [-0.39, 0.29) is 0 Å². The van der Waals surface area contributed by atoms with E-state index in [0.717, 1.165) is 75.9 Å². The Balaban J connectivity index is 0.978. The molecule has 5 aromatic heterocycles. The van der Waals surface area contributed by atoms with Crippen molar-refractivity contribution < 1.29 is 4.42 Å². The molecule has 7 nitrogen and oxygen atoms in total. The zero-order valence-electron chi connectivity index (χ0n) is 33.5. The number of rotatable bonds is 6. The Kier molecular flexibility index (Phi) is 7.94. The number of nitrogens with zero attached hydrogens (tertiary/aromatic N) is 6. The van der Waals surface area contributed by atoms with Gasteiger partial charge in [0.2, 0.25) is 0 Å². The van der Waals surface area contributed by atoms with Gasteiger partial charge < -0.3 is 8.98 Å². The van der Waals surface area contributed by atoms with Crippen LogP contribution in [-0.4, -0.2) is 29.5 Å². The van der Waals surface area contributed by atoms with Gasteiger partial charge in [-0.2, -0.15) is 0 Å². The van der Waals surface area contributed by atoms with Gasteiger partial charge >= 0.3 is 0 Å². The highest BCUT2D eigenvalue weighted by Crippen LogP contribution is 2.44. The number of fused-ring (bicyclic) bond motifs is 9. The van der Waals surface area contributed by atoms with Gasteiger partial charge in [0.1, 0.15) is 16.8 Å². The van der Waals surface area contributed by atoms with E-state index < -0.39 is 0 Å². The van der Waals surface area contributed by atoms with Gasteiger partial charge in [-0.1, -0.05) is 133 Å². The molecule has 13 aromatic rings. The maximum Gasteiger partial charge on any atom is 0.180 e. The number of furan rings is 1. The summed E-state index contributed by atoms with van der Waals surface area (Å²) in [5, 5.41) is 5.59. The summed E-state index contributed by atoms with van der Waals surface area (Å²) in [6, 6.07) is 66.8. The van der Waals surface area contributed by atoms with Crippen LogP contribution in [0.4, 0.5) is 0 Å². The second-order valence-electron chi connectivity index (χ2n) is 15.6. The Morgan fingerprint density at radius 1 is 0.397 bits per heavy atom. The molecule has 0 fully saturated rings. The van der Waals surface area contributed by atoms with E-state index in [0.29, 0.717) is 28.9 Å². The molecule has 0 saturated carbocycles. The van der Waals surface area contributed by atoms with Crippen LogP contribution in [0, 0.1) is 0 Å². The van der Waals surface area contributed by atoms with Gasteiger partial charge in [0.05, 0.1) is 11.0 Å². The minimum atomic E-state index is 0.605. The Labute approximate surface area is 364 Å². The van der Waals surface area contributed by atoms with Crippen LogP contribution < -0.4 is 0 Å². The largest absolute Gasteiger partial charge is 0.452 e.